The molecule has 1 aliphatic carbocycles. The largest absolute Gasteiger partial charge is 0.462 e. The van der Waals surface area contributed by atoms with Gasteiger partial charge in [0, 0.05) is 20.1 Å². The van der Waals surface area contributed by atoms with Gasteiger partial charge in [0.15, 0.2) is 13.1 Å². The van der Waals surface area contributed by atoms with Gasteiger partial charge in [0.2, 0.25) is 0 Å². The van der Waals surface area contributed by atoms with Crippen molar-refractivity contribution in [1.29, 1.82) is 0 Å². The van der Waals surface area contributed by atoms with Crippen molar-refractivity contribution in [3.8, 4) is 0 Å². The van der Waals surface area contributed by atoms with Gasteiger partial charge in [-0.2, -0.15) is 0 Å². The summed E-state index contributed by atoms with van der Waals surface area (Å²) >= 11 is 1.05. The summed E-state index contributed by atoms with van der Waals surface area (Å²) in [6.45, 7) is 3.77. The van der Waals surface area contributed by atoms with E-state index in [4.69, 9.17) is 4.74 Å². The van der Waals surface area contributed by atoms with Crippen LogP contribution in [-0.4, -0.2) is 75.5 Å². The predicted molar refractivity (Wildman–Crippen MR) is 109 cm³/mol. The molecular weight excluding hydrogens is 396 g/mol. The van der Waals surface area contributed by atoms with Crippen LogP contribution in [0.2, 0.25) is 0 Å². The van der Waals surface area contributed by atoms with Crippen LogP contribution in [0.4, 0.5) is 5.00 Å². The van der Waals surface area contributed by atoms with Crippen LogP contribution in [0, 0.1) is 6.92 Å². The van der Waals surface area contributed by atoms with Crippen LogP contribution in [-0.2, 0) is 14.3 Å². The molecule has 1 heterocycles. The molecule has 0 saturated heterocycles. The summed E-state index contributed by atoms with van der Waals surface area (Å²) in [5.74, 6) is -1.27. The zero-order valence-corrected chi connectivity index (χ0v) is 18.3. The minimum atomic E-state index is -0.584. The number of quaternary nitrogens is 1. The van der Waals surface area contributed by atoms with Crippen LogP contribution in [0.5, 0.6) is 0 Å². The van der Waals surface area contributed by atoms with Gasteiger partial charge in [-0.15, -0.1) is 11.3 Å². The van der Waals surface area contributed by atoms with Crippen LogP contribution < -0.4 is 15.5 Å². The van der Waals surface area contributed by atoms with E-state index in [-0.39, 0.29) is 54.0 Å². The minimum absolute atomic E-state index is 0.0499. The lowest BCUT2D eigenvalue weighted by Gasteiger charge is -2.13. The summed E-state index contributed by atoms with van der Waals surface area (Å²) < 4.78 is 5.09. The molecule has 1 aromatic rings. The topological polar surface area (TPSA) is 109 Å². The van der Waals surface area contributed by atoms with Gasteiger partial charge in [0.1, 0.15) is 5.00 Å². The van der Waals surface area contributed by atoms with E-state index >= 15 is 0 Å². The number of esters is 1. The van der Waals surface area contributed by atoms with Crippen molar-refractivity contribution in [3.63, 3.8) is 0 Å². The molecule has 1 fully saturated rings. The highest BCUT2D eigenvalue weighted by molar-refractivity contribution is 7.18. The zero-order valence-electron chi connectivity index (χ0n) is 17.5. The number of ether oxygens (including phenoxy) is 1. The Balaban J connectivity index is 2.11. The van der Waals surface area contributed by atoms with Gasteiger partial charge in [-0.05, 0) is 32.3 Å². The first-order chi connectivity index (χ1) is 13.6. The Morgan fingerprint density at radius 3 is 2.34 bits per heavy atom. The summed E-state index contributed by atoms with van der Waals surface area (Å²) in [5, 5.41) is 5.89. The molecule has 3 amide bonds. The van der Waals surface area contributed by atoms with Crippen molar-refractivity contribution in [2.45, 2.75) is 32.7 Å². The first kappa shape index (κ1) is 22.8. The van der Waals surface area contributed by atoms with Gasteiger partial charge in [-0.25, -0.2) is 4.79 Å². The maximum absolute atomic E-state index is 12.5. The lowest BCUT2D eigenvalue weighted by molar-refractivity contribution is -0.862. The van der Waals surface area contributed by atoms with E-state index in [1.54, 1.807) is 35.0 Å². The molecule has 1 atom stereocenters. The number of hydrogen-bond donors (Lipinski definition) is 3. The fourth-order valence-electron chi connectivity index (χ4n) is 2.75. The Morgan fingerprint density at radius 1 is 1.17 bits per heavy atom. The highest BCUT2D eigenvalue weighted by Gasteiger charge is 2.28. The number of rotatable bonds is 9. The average Bonchev–Trinajstić information content (AvgIpc) is 3.36. The summed E-state index contributed by atoms with van der Waals surface area (Å²) in [6.07, 6.45) is 2.02. The van der Waals surface area contributed by atoms with Gasteiger partial charge < -0.3 is 25.2 Å². The van der Waals surface area contributed by atoms with E-state index in [2.05, 4.69) is 10.6 Å². The Hall–Kier alpha value is -2.46. The second kappa shape index (κ2) is 9.84. The van der Waals surface area contributed by atoms with Crippen LogP contribution in [0.3, 0.4) is 0 Å². The van der Waals surface area contributed by atoms with E-state index in [9.17, 15) is 19.2 Å². The van der Waals surface area contributed by atoms with E-state index in [1.807, 2.05) is 0 Å². The summed E-state index contributed by atoms with van der Waals surface area (Å²) in [6, 6.07) is 0.276. The SMILES string of the molecule is CCOC(=O)c1c(NC(=O)C[NH+](C)CC(=O)NC2CC2)sc(C(=O)N(C)C)c1C. The average molecular weight is 426 g/mol. The second-order valence-corrected chi connectivity index (χ2v) is 8.40. The van der Waals surface area contributed by atoms with E-state index in [1.165, 1.54) is 4.90 Å². The van der Waals surface area contributed by atoms with Gasteiger partial charge in [0.25, 0.3) is 17.7 Å². The van der Waals surface area contributed by atoms with Crippen molar-refractivity contribution in [1.82, 2.24) is 10.2 Å². The molecule has 1 saturated carbocycles. The first-order valence-corrected chi connectivity index (χ1v) is 10.4. The maximum atomic E-state index is 12.5. The Bertz CT molecular complexity index is 801. The number of nitrogens with zero attached hydrogens (tertiary/aromatic N) is 1. The lowest BCUT2D eigenvalue weighted by Crippen LogP contribution is -3.11. The van der Waals surface area contributed by atoms with Crippen LogP contribution >= 0.6 is 11.3 Å². The third-order valence-electron chi connectivity index (χ3n) is 4.35. The van der Waals surface area contributed by atoms with Crippen molar-refractivity contribution < 1.29 is 28.8 Å². The molecule has 1 unspecified atom stereocenters. The molecule has 0 radical (unpaired) electrons. The van der Waals surface area contributed by atoms with Crippen molar-refractivity contribution in [3.05, 3.63) is 16.0 Å². The van der Waals surface area contributed by atoms with Crippen LogP contribution in [0.1, 0.15) is 45.4 Å². The first-order valence-electron chi connectivity index (χ1n) is 9.56. The molecule has 2 rings (SSSR count). The highest BCUT2D eigenvalue weighted by Crippen LogP contribution is 2.34. The van der Waals surface area contributed by atoms with Gasteiger partial charge in [0.05, 0.1) is 24.1 Å². The number of carbonyl (C=O) groups excluding carboxylic acids is 4. The van der Waals surface area contributed by atoms with Crippen molar-refractivity contribution in [2.24, 2.45) is 0 Å². The van der Waals surface area contributed by atoms with E-state index in [0.717, 1.165) is 29.1 Å². The Morgan fingerprint density at radius 2 is 1.79 bits per heavy atom. The molecule has 3 N–H and O–H groups in total. The molecule has 1 aromatic heterocycles. The number of hydrogen-bond acceptors (Lipinski definition) is 6. The predicted octanol–water partition coefficient (Wildman–Crippen LogP) is -0.333. The summed E-state index contributed by atoms with van der Waals surface area (Å²) in [7, 11) is 4.99. The maximum Gasteiger partial charge on any atom is 0.341 e. The summed E-state index contributed by atoms with van der Waals surface area (Å²) in [4.78, 5) is 51.7. The standard InChI is InChI=1S/C19H28N4O5S/c1-6-28-19(27)15-11(2)16(18(26)22(3)4)29-17(15)21-14(25)10-23(5)9-13(24)20-12-7-8-12/h12H,6-10H2,1-5H3,(H,20,24)(H,21,25)/p+1. The fourth-order valence-corrected chi connectivity index (χ4v) is 3.98. The molecule has 29 heavy (non-hydrogen) atoms. The van der Waals surface area contributed by atoms with Crippen molar-refractivity contribution >= 4 is 40.0 Å². The molecule has 10 heteroatoms. The molecule has 160 valence electrons. The number of carbonyl (C=O) groups is 4. The van der Waals surface area contributed by atoms with E-state index < -0.39 is 5.97 Å². The van der Waals surface area contributed by atoms with Crippen molar-refractivity contribution in [2.75, 3.05) is 46.2 Å². The van der Waals surface area contributed by atoms with Crippen LogP contribution in [0.15, 0.2) is 0 Å². The number of amides is 3. The van der Waals surface area contributed by atoms with E-state index in [0.29, 0.717) is 10.4 Å². The zero-order chi connectivity index (χ0) is 21.7. The Labute approximate surface area is 174 Å². The quantitative estimate of drug-likeness (QED) is 0.470. The normalized spacial score (nSPS) is 14.1. The third-order valence-corrected chi connectivity index (χ3v) is 5.54. The third kappa shape index (κ3) is 6.26. The minimum Gasteiger partial charge on any atom is -0.462 e. The number of nitrogens with one attached hydrogen (secondary N) is 3. The molecule has 1 aliphatic rings. The fraction of sp³-hybridized carbons (Fsp3) is 0.579. The Kier molecular flexibility index (Phi) is 7.74. The second-order valence-electron chi connectivity index (χ2n) is 7.38. The van der Waals surface area contributed by atoms with Gasteiger partial charge in [-0.1, -0.05) is 0 Å². The molecule has 9 nitrogen and oxygen atoms in total. The van der Waals surface area contributed by atoms with Gasteiger partial charge in [-0.3, -0.25) is 14.4 Å². The number of likely N-dealkylation sites (N-methyl/N-ethyl adjacent to an activating group) is 1. The number of thiophene rings is 1. The van der Waals surface area contributed by atoms with Crippen LogP contribution in [0.25, 0.3) is 0 Å². The molecule has 0 spiro atoms. The molecule has 0 aromatic carbocycles. The lowest BCUT2D eigenvalue weighted by atomic mass is 10.1. The summed E-state index contributed by atoms with van der Waals surface area (Å²) in [5.41, 5.74) is 0.673. The molecule has 0 aliphatic heterocycles. The molecule has 0 bridgehead atoms. The highest BCUT2D eigenvalue weighted by atomic mass is 32.1. The monoisotopic (exact) mass is 425 g/mol. The molecular formula is C19H29N4O5S+. The smallest absolute Gasteiger partial charge is 0.341 e. The number of anilines is 1. The van der Waals surface area contributed by atoms with Gasteiger partial charge >= 0.3 is 5.97 Å².